The van der Waals surface area contributed by atoms with Crippen LogP contribution in [0, 0.1) is 0 Å². The molecule has 0 radical (unpaired) electrons. The van der Waals surface area contributed by atoms with Crippen LogP contribution < -0.4 is 4.18 Å². The van der Waals surface area contributed by atoms with Crippen molar-refractivity contribution in [1.29, 1.82) is 0 Å². The zero-order chi connectivity index (χ0) is 10.9. The molecule has 1 heterocycles. The van der Waals surface area contributed by atoms with Gasteiger partial charge in [-0.05, 0) is 29.7 Å². The van der Waals surface area contributed by atoms with Gasteiger partial charge in [0.1, 0.15) is 5.75 Å². The molecule has 0 saturated heterocycles. The smallest absolute Gasteiger partial charge is 0.306 e. The maximum Gasteiger partial charge on any atom is 0.306 e. The second-order valence-corrected chi connectivity index (χ2v) is 4.75. The largest absolute Gasteiger partial charge is 0.383 e. The van der Waals surface area contributed by atoms with Crippen molar-refractivity contribution in [3.05, 3.63) is 36.7 Å². The summed E-state index contributed by atoms with van der Waals surface area (Å²) >= 11 is 0. The zero-order valence-electron chi connectivity index (χ0n) is 8.04. The average molecular weight is 223 g/mol. The van der Waals surface area contributed by atoms with Crippen LogP contribution in [0.5, 0.6) is 5.75 Å². The summed E-state index contributed by atoms with van der Waals surface area (Å²) in [6.07, 6.45) is 4.37. The Bertz CT molecular complexity index is 592. The molecule has 2 aromatic rings. The van der Waals surface area contributed by atoms with Crippen molar-refractivity contribution in [2.75, 3.05) is 6.26 Å². The lowest BCUT2D eigenvalue weighted by molar-refractivity contribution is 0.493. The van der Waals surface area contributed by atoms with Crippen molar-refractivity contribution in [3.8, 4) is 5.75 Å². The topological polar surface area (TPSA) is 56.3 Å². The van der Waals surface area contributed by atoms with Crippen LogP contribution in [0.4, 0.5) is 0 Å². The van der Waals surface area contributed by atoms with E-state index in [0.717, 1.165) is 17.0 Å². The van der Waals surface area contributed by atoms with E-state index in [1.165, 1.54) is 0 Å². The van der Waals surface area contributed by atoms with E-state index in [9.17, 15) is 8.42 Å². The number of nitrogens with zero attached hydrogens (tertiary/aromatic N) is 1. The molecule has 0 amide bonds. The van der Waals surface area contributed by atoms with Gasteiger partial charge in [-0.1, -0.05) is 0 Å². The molecule has 0 fully saturated rings. The number of rotatable bonds is 2. The minimum absolute atomic E-state index is 0.316. The summed E-state index contributed by atoms with van der Waals surface area (Å²) in [4.78, 5) is 3.96. The highest BCUT2D eigenvalue weighted by Gasteiger charge is 2.04. The Morgan fingerprint density at radius 3 is 2.73 bits per heavy atom. The van der Waals surface area contributed by atoms with Crippen molar-refractivity contribution >= 4 is 20.9 Å². The highest BCUT2D eigenvalue weighted by atomic mass is 32.2. The number of hydrogen-bond donors (Lipinski definition) is 0. The molecule has 2 rings (SSSR count). The fourth-order valence-electron chi connectivity index (χ4n) is 1.29. The first-order chi connectivity index (χ1) is 7.04. The molecular weight excluding hydrogens is 214 g/mol. The van der Waals surface area contributed by atoms with Crippen molar-refractivity contribution in [1.82, 2.24) is 4.98 Å². The average Bonchev–Trinajstić information content (AvgIpc) is 2.15. The quantitative estimate of drug-likeness (QED) is 0.725. The van der Waals surface area contributed by atoms with E-state index in [-0.39, 0.29) is 0 Å². The summed E-state index contributed by atoms with van der Waals surface area (Å²) in [5.74, 6) is 0.316. The third-order valence-corrected chi connectivity index (χ3v) is 2.35. The third-order valence-electron chi connectivity index (χ3n) is 1.86. The lowest BCUT2D eigenvalue weighted by Crippen LogP contribution is -2.05. The summed E-state index contributed by atoms with van der Waals surface area (Å²) in [6.45, 7) is 0. The molecule has 0 aliphatic carbocycles. The van der Waals surface area contributed by atoms with Crippen LogP contribution in [-0.4, -0.2) is 19.7 Å². The van der Waals surface area contributed by atoms with Gasteiger partial charge in [0.15, 0.2) is 0 Å². The predicted molar refractivity (Wildman–Crippen MR) is 57.2 cm³/mol. The van der Waals surface area contributed by atoms with Crippen molar-refractivity contribution in [2.45, 2.75) is 0 Å². The summed E-state index contributed by atoms with van der Waals surface area (Å²) < 4.78 is 26.6. The lowest BCUT2D eigenvalue weighted by atomic mass is 10.2. The number of fused-ring (bicyclic) bond motifs is 1. The van der Waals surface area contributed by atoms with Gasteiger partial charge in [0, 0.05) is 17.8 Å². The Morgan fingerprint density at radius 1 is 1.20 bits per heavy atom. The molecule has 4 nitrogen and oxygen atoms in total. The zero-order valence-corrected chi connectivity index (χ0v) is 8.86. The molecule has 0 aliphatic heterocycles. The molecule has 5 heteroatoms. The van der Waals surface area contributed by atoms with Gasteiger partial charge in [0.05, 0.1) is 6.26 Å². The molecule has 0 atom stereocenters. The van der Waals surface area contributed by atoms with E-state index in [1.807, 2.05) is 0 Å². The molecular formula is C10H9NO3S. The maximum atomic E-state index is 10.9. The molecule has 0 saturated carbocycles. The van der Waals surface area contributed by atoms with Gasteiger partial charge in [-0.15, -0.1) is 0 Å². The first kappa shape index (κ1) is 9.92. The van der Waals surface area contributed by atoms with E-state index < -0.39 is 10.1 Å². The standard InChI is InChI=1S/C10H9NO3S/c1-15(12,13)14-10-3-2-9-7-11-5-4-8(9)6-10/h2-7H,1H3. The Kier molecular flexibility index (Phi) is 2.32. The van der Waals surface area contributed by atoms with Crippen molar-refractivity contribution < 1.29 is 12.6 Å². The fourth-order valence-corrected chi connectivity index (χ4v) is 1.74. The minimum Gasteiger partial charge on any atom is -0.383 e. The number of pyridine rings is 1. The Morgan fingerprint density at radius 2 is 2.00 bits per heavy atom. The van der Waals surface area contributed by atoms with E-state index in [1.54, 1.807) is 36.7 Å². The van der Waals surface area contributed by atoms with Crippen LogP contribution in [0.3, 0.4) is 0 Å². The van der Waals surface area contributed by atoms with Crippen LogP contribution in [0.25, 0.3) is 10.8 Å². The SMILES string of the molecule is CS(=O)(=O)Oc1ccc2cnccc2c1. The van der Waals surface area contributed by atoms with E-state index in [4.69, 9.17) is 4.18 Å². The molecule has 0 aliphatic rings. The molecule has 0 N–H and O–H groups in total. The van der Waals surface area contributed by atoms with Gasteiger partial charge < -0.3 is 4.18 Å². The minimum atomic E-state index is -3.46. The van der Waals surface area contributed by atoms with E-state index in [2.05, 4.69) is 4.98 Å². The van der Waals surface area contributed by atoms with Crippen molar-refractivity contribution in [2.24, 2.45) is 0 Å². The normalized spacial score (nSPS) is 11.5. The second kappa shape index (κ2) is 3.51. The van der Waals surface area contributed by atoms with Gasteiger partial charge in [0.2, 0.25) is 0 Å². The first-order valence-corrected chi connectivity index (χ1v) is 6.09. The maximum absolute atomic E-state index is 10.9. The molecule has 0 spiro atoms. The van der Waals surface area contributed by atoms with Crippen LogP contribution in [-0.2, 0) is 10.1 Å². The Hall–Kier alpha value is -1.62. The molecule has 1 aromatic carbocycles. The van der Waals surface area contributed by atoms with Gasteiger partial charge in [0.25, 0.3) is 0 Å². The monoisotopic (exact) mass is 223 g/mol. The molecule has 0 bridgehead atoms. The molecule has 78 valence electrons. The van der Waals surface area contributed by atoms with Crippen LogP contribution in [0.2, 0.25) is 0 Å². The second-order valence-electron chi connectivity index (χ2n) is 3.17. The van der Waals surface area contributed by atoms with Gasteiger partial charge in [-0.2, -0.15) is 8.42 Å². The van der Waals surface area contributed by atoms with Crippen LogP contribution in [0.1, 0.15) is 0 Å². The predicted octanol–water partition coefficient (Wildman–Crippen LogP) is 1.57. The molecule has 15 heavy (non-hydrogen) atoms. The van der Waals surface area contributed by atoms with Crippen LogP contribution in [0.15, 0.2) is 36.7 Å². The highest BCUT2D eigenvalue weighted by molar-refractivity contribution is 7.86. The number of aromatic nitrogens is 1. The Balaban J connectivity index is 2.48. The molecule has 0 unspecified atom stereocenters. The van der Waals surface area contributed by atoms with Crippen LogP contribution >= 0.6 is 0 Å². The highest BCUT2D eigenvalue weighted by Crippen LogP contribution is 2.20. The summed E-state index contributed by atoms with van der Waals surface area (Å²) in [5, 5.41) is 1.84. The summed E-state index contributed by atoms with van der Waals surface area (Å²) in [5.41, 5.74) is 0. The Labute approximate surface area is 87.6 Å². The number of hydrogen-bond acceptors (Lipinski definition) is 4. The fraction of sp³-hybridized carbons (Fsp3) is 0.100. The van der Waals surface area contributed by atoms with E-state index >= 15 is 0 Å². The van der Waals surface area contributed by atoms with Crippen molar-refractivity contribution in [3.63, 3.8) is 0 Å². The third kappa shape index (κ3) is 2.44. The summed E-state index contributed by atoms with van der Waals surface area (Å²) in [7, 11) is -3.46. The number of benzene rings is 1. The van der Waals surface area contributed by atoms with E-state index in [0.29, 0.717) is 5.75 Å². The lowest BCUT2D eigenvalue weighted by Gasteiger charge is -2.03. The van der Waals surface area contributed by atoms with Gasteiger partial charge in [-0.3, -0.25) is 4.98 Å². The van der Waals surface area contributed by atoms with Gasteiger partial charge in [-0.25, -0.2) is 0 Å². The first-order valence-electron chi connectivity index (χ1n) is 4.28. The van der Waals surface area contributed by atoms with Gasteiger partial charge >= 0.3 is 10.1 Å². The molecule has 1 aromatic heterocycles. The summed E-state index contributed by atoms with van der Waals surface area (Å²) in [6, 6.07) is 6.83.